The molecule has 0 atom stereocenters. The largest absolute Gasteiger partial charge is 0.497 e. The Hall–Kier alpha value is -3.07. The number of fused-ring (bicyclic) bond motifs is 1. The third kappa shape index (κ3) is 3.01. The highest BCUT2D eigenvalue weighted by atomic mass is 32.2. The van der Waals surface area contributed by atoms with Crippen LogP contribution in [0.2, 0.25) is 0 Å². The van der Waals surface area contributed by atoms with Gasteiger partial charge in [0.25, 0.3) is 0 Å². The van der Waals surface area contributed by atoms with E-state index in [-0.39, 0.29) is 17.0 Å². The topological polar surface area (TPSA) is 115 Å². The first-order chi connectivity index (χ1) is 11.8. The van der Waals surface area contributed by atoms with Crippen molar-refractivity contribution in [1.82, 2.24) is 9.97 Å². The van der Waals surface area contributed by atoms with E-state index >= 15 is 0 Å². The fourth-order valence-corrected chi connectivity index (χ4v) is 3.37. The summed E-state index contributed by atoms with van der Waals surface area (Å²) < 4.78 is 29.3. The second kappa shape index (κ2) is 6.10. The molecule has 8 nitrogen and oxygen atoms in total. The number of nitrogens with zero attached hydrogens (tertiary/aromatic N) is 2. The highest BCUT2D eigenvalue weighted by Crippen LogP contribution is 2.29. The van der Waals surface area contributed by atoms with Crippen LogP contribution in [0, 0.1) is 0 Å². The maximum absolute atomic E-state index is 12.7. The molecule has 0 unspecified atom stereocenters. The summed E-state index contributed by atoms with van der Waals surface area (Å²) in [5.41, 5.74) is -0.157. The molecule has 1 aromatic carbocycles. The maximum Gasteiger partial charge on any atom is 0.225 e. The summed E-state index contributed by atoms with van der Waals surface area (Å²) in [5.74, 6) is -0.908. The van der Waals surface area contributed by atoms with E-state index in [0.717, 1.165) is 12.6 Å². The van der Waals surface area contributed by atoms with Gasteiger partial charge in [0.15, 0.2) is 9.84 Å². The molecule has 0 radical (unpaired) electrons. The number of hydrogen-bond acceptors (Lipinski definition) is 8. The lowest BCUT2D eigenvalue weighted by Crippen LogP contribution is -2.30. The monoisotopic (exact) mass is 359 g/mol. The Bertz CT molecular complexity index is 1010. The fraction of sp³-hybridized carbons (Fsp3) is 0.125. The smallest absolute Gasteiger partial charge is 0.225 e. The predicted molar refractivity (Wildman–Crippen MR) is 89.2 cm³/mol. The first-order valence-electron chi connectivity index (χ1n) is 7.07. The molecule has 1 aliphatic rings. The fourth-order valence-electron chi connectivity index (χ4n) is 2.42. The van der Waals surface area contributed by atoms with E-state index in [9.17, 15) is 18.0 Å². The number of ketones is 2. The average molecular weight is 359 g/mol. The van der Waals surface area contributed by atoms with Crippen molar-refractivity contribution in [3.05, 3.63) is 58.6 Å². The van der Waals surface area contributed by atoms with Gasteiger partial charge in [-0.25, -0.2) is 18.4 Å². The van der Waals surface area contributed by atoms with E-state index in [0.29, 0.717) is 11.4 Å². The molecule has 0 aliphatic heterocycles. The molecule has 0 amide bonds. The lowest BCUT2D eigenvalue weighted by Gasteiger charge is -2.20. The normalized spacial score (nSPS) is 14.3. The van der Waals surface area contributed by atoms with Gasteiger partial charge in [0, 0.05) is 18.1 Å². The van der Waals surface area contributed by atoms with Crippen LogP contribution >= 0.6 is 0 Å². The lowest BCUT2D eigenvalue weighted by atomic mass is 9.98. The predicted octanol–water partition coefficient (Wildman–Crippen LogP) is 1.23. The van der Waals surface area contributed by atoms with Crippen LogP contribution < -0.4 is 10.1 Å². The number of carbonyl (C=O) groups is 2. The second-order valence-corrected chi connectivity index (χ2v) is 7.23. The molecule has 1 heterocycles. The average Bonchev–Trinajstić information content (AvgIpc) is 2.59. The minimum atomic E-state index is -3.97. The Kier molecular flexibility index (Phi) is 4.09. The Balaban J connectivity index is 2.15. The molecule has 9 heteroatoms. The van der Waals surface area contributed by atoms with Gasteiger partial charge in [0.05, 0.1) is 12.7 Å². The number of aromatic nitrogens is 2. The molecule has 128 valence electrons. The highest BCUT2D eigenvalue weighted by Gasteiger charge is 2.38. The van der Waals surface area contributed by atoms with Crippen LogP contribution in [0.3, 0.4) is 0 Å². The van der Waals surface area contributed by atoms with Gasteiger partial charge in [-0.1, -0.05) is 0 Å². The molecule has 2 aromatic rings. The Labute approximate surface area is 143 Å². The molecule has 3 rings (SSSR count). The molecule has 0 spiro atoms. The highest BCUT2D eigenvalue weighted by molar-refractivity contribution is 7.95. The van der Waals surface area contributed by atoms with Crippen LogP contribution in [0.4, 0.5) is 5.69 Å². The van der Waals surface area contributed by atoms with Gasteiger partial charge in [-0.3, -0.25) is 9.59 Å². The molecule has 0 fully saturated rings. The zero-order valence-corrected chi connectivity index (χ0v) is 14.1. The number of sulfone groups is 1. The minimum Gasteiger partial charge on any atom is -0.497 e. The van der Waals surface area contributed by atoms with Gasteiger partial charge in [0.1, 0.15) is 28.4 Å². The number of allylic oxidation sites excluding steroid dienone is 2. The molecule has 0 bridgehead atoms. The van der Waals surface area contributed by atoms with Crippen LogP contribution in [0.5, 0.6) is 5.75 Å². The van der Waals surface area contributed by atoms with Gasteiger partial charge in [-0.15, -0.1) is 0 Å². The summed E-state index contributed by atoms with van der Waals surface area (Å²) in [7, 11) is -2.46. The Morgan fingerprint density at radius 1 is 1.08 bits per heavy atom. The van der Waals surface area contributed by atoms with Crippen LogP contribution in [0.1, 0.15) is 20.8 Å². The molecular formula is C16H13N3O5S. The van der Waals surface area contributed by atoms with Crippen LogP contribution in [0.15, 0.2) is 47.4 Å². The van der Waals surface area contributed by atoms with Gasteiger partial charge < -0.3 is 10.1 Å². The molecule has 1 N–H and O–H groups in total. The number of ether oxygens (including phenoxy) is 1. The number of nitrogens with one attached hydrogen (secondary N) is 1. The summed E-state index contributed by atoms with van der Waals surface area (Å²) in [4.78, 5) is 32.2. The van der Waals surface area contributed by atoms with E-state index < -0.39 is 26.3 Å². The standard InChI is InChI=1S/C16H13N3O5S/c1-24-10-5-3-9(4-6-10)19-13-14(20)11-7-17-8-18-12(11)15(21)16(13)25(2,22)23/h3-8,19H,1-2H3. The zero-order valence-electron chi connectivity index (χ0n) is 13.3. The quantitative estimate of drug-likeness (QED) is 0.867. The van der Waals surface area contributed by atoms with E-state index in [4.69, 9.17) is 4.74 Å². The van der Waals surface area contributed by atoms with Crippen molar-refractivity contribution in [3.8, 4) is 5.75 Å². The number of carbonyl (C=O) groups excluding carboxylic acids is 2. The number of anilines is 1. The molecule has 0 saturated carbocycles. The third-order valence-corrected chi connectivity index (χ3v) is 4.69. The van der Waals surface area contributed by atoms with Crippen molar-refractivity contribution in [3.63, 3.8) is 0 Å². The summed E-state index contributed by atoms with van der Waals surface area (Å²) in [5, 5.41) is 2.73. The molecule has 1 aromatic heterocycles. The van der Waals surface area contributed by atoms with Crippen molar-refractivity contribution >= 4 is 27.1 Å². The summed E-state index contributed by atoms with van der Waals surface area (Å²) in [6, 6.07) is 6.46. The van der Waals surface area contributed by atoms with E-state index in [1.807, 2.05) is 0 Å². The van der Waals surface area contributed by atoms with E-state index in [2.05, 4.69) is 15.3 Å². The van der Waals surface area contributed by atoms with Crippen LogP contribution in [-0.2, 0) is 9.84 Å². The van der Waals surface area contributed by atoms with Gasteiger partial charge in [-0.05, 0) is 24.3 Å². The first-order valence-corrected chi connectivity index (χ1v) is 8.97. The van der Waals surface area contributed by atoms with Crippen LogP contribution in [0.25, 0.3) is 0 Å². The van der Waals surface area contributed by atoms with Crippen molar-refractivity contribution in [2.24, 2.45) is 0 Å². The van der Waals surface area contributed by atoms with Crippen molar-refractivity contribution < 1.29 is 22.7 Å². The van der Waals surface area contributed by atoms with Crippen LogP contribution in [-0.4, -0.2) is 43.3 Å². The van der Waals surface area contributed by atoms with E-state index in [1.54, 1.807) is 24.3 Å². The lowest BCUT2D eigenvalue weighted by molar-refractivity contribution is 0.0977. The van der Waals surface area contributed by atoms with Gasteiger partial charge >= 0.3 is 0 Å². The number of benzene rings is 1. The summed E-state index contributed by atoms with van der Waals surface area (Å²) in [6.07, 6.45) is 3.15. The van der Waals surface area contributed by atoms with Crippen molar-refractivity contribution in [2.75, 3.05) is 18.7 Å². The second-order valence-electron chi connectivity index (χ2n) is 5.27. The minimum absolute atomic E-state index is 0.0455. The zero-order chi connectivity index (χ0) is 18.2. The van der Waals surface area contributed by atoms with Gasteiger partial charge in [0.2, 0.25) is 11.6 Å². The summed E-state index contributed by atoms with van der Waals surface area (Å²) in [6.45, 7) is 0. The summed E-state index contributed by atoms with van der Waals surface area (Å²) >= 11 is 0. The van der Waals surface area contributed by atoms with Gasteiger partial charge in [-0.2, -0.15) is 0 Å². The Morgan fingerprint density at radius 2 is 1.76 bits per heavy atom. The third-order valence-electron chi connectivity index (χ3n) is 3.56. The SMILES string of the molecule is COc1ccc(NC2=C(S(C)(=O)=O)C(=O)c3ncncc3C2=O)cc1. The molecular weight excluding hydrogens is 346 g/mol. The van der Waals surface area contributed by atoms with Crippen molar-refractivity contribution in [2.45, 2.75) is 0 Å². The molecule has 1 aliphatic carbocycles. The number of rotatable bonds is 4. The molecule has 0 saturated heterocycles. The maximum atomic E-state index is 12.7. The molecule has 25 heavy (non-hydrogen) atoms. The first kappa shape index (κ1) is 16.8. The number of Topliss-reactive ketones (excluding diaryl/α,β-unsaturated/α-hetero) is 2. The Morgan fingerprint density at radius 3 is 2.36 bits per heavy atom. The number of hydrogen-bond donors (Lipinski definition) is 1. The van der Waals surface area contributed by atoms with E-state index in [1.165, 1.54) is 13.3 Å². The van der Waals surface area contributed by atoms with Crippen molar-refractivity contribution in [1.29, 1.82) is 0 Å². The number of methoxy groups -OCH3 is 1.